The summed E-state index contributed by atoms with van der Waals surface area (Å²) < 4.78 is 26.3. The first kappa shape index (κ1) is 22.2. The van der Waals surface area contributed by atoms with Crippen molar-refractivity contribution < 1.29 is 13.2 Å². The van der Waals surface area contributed by atoms with Crippen LogP contribution in [0.25, 0.3) is 0 Å². The van der Waals surface area contributed by atoms with Crippen molar-refractivity contribution in [3.05, 3.63) is 40.1 Å². The Hall–Kier alpha value is -2.99. The summed E-state index contributed by atoms with van der Waals surface area (Å²) in [5, 5.41) is 9.13. The molecule has 0 aromatic carbocycles. The third kappa shape index (κ3) is 4.46. The van der Waals surface area contributed by atoms with Gasteiger partial charge in [-0.1, -0.05) is 6.42 Å². The van der Waals surface area contributed by atoms with Gasteiger partial charge >= 0.3 is 0 Å². The Morgan fingerprint density at radius 1 is 1.09 bits per heavy atom. The lowest BCUT2D eigenvalue weighted by Crippen LogP contribution is -2.48. The van der Waals surface area contributed by atoms with E-state index in [0.29, 0.717) is 35.1 Å². The van der Waals surface area contributed by atoms with Gasteiger partial charge < -0.3 is 16.0 Å². The molecule has 0 unspecified atom stereocenters. The van der Waals surface area contributed by atoms with E-state index in [2.05, 4.69) is 30.6 Å². The molecule has 4 rings (SSSR count). The van der Waals surface area contributed by atoms with Crippen molar-refractivity contribution in [1.82, 2.24) is 24.6 Å². The summed E-state index contributed by atoms with van der Waals surface area (Å²) >= 11 is 0. The highest BCUT2D eigenvalue weighted by Gasteiger charge is 2.45. The number of sulfonamides is 1. The van der Waals surface area contributed by atoms with Gasteiger partial charge in [0.05, 0.1) is 6.26 Å². The van der Waals surface area contributed by atoms with E-state index in [-0.39, 0.29) is 18.0 Å². The summed E-state index contributed by atoms with van der Waals surface area (Å²) in [7, 11) is -3.26. The number of pyridine rings is 1. The second-order valence-corrected chi connectivity index (χ2v) is 10.1. The van der Waals surface area contributed by atoms with Crippen molar-refractivity contribution >= 4 is 33.3 Å². The summed E-state index contributed by atoms with van der Waals surface area (Å²) in [5.74, 6) is 0.686. The monoisotopic (exact) mass is 461 g/mol. The number of nitrogens with one attached hydrogen (secondary N) is 4. The van der Waals surface area contributed by atoms with E-state index in [1.54, 1.807) is 16.7 Å². The first-order valence-corrected chi connectivity index (χ1v) is 12.4. The number of carbonyl (C=O) groups excluding carboxylic acids is 1. The van der Waals surface area contributed by atoms with Crippen LogP contribution in [0.15, 0.2) is 23.3 Å². The molecule has 1 spiro atoms. The van der Waals surface area contributed by atoms with Crippen LogP contribution in [0.5, 0.6) is 0 Å². The highest BCUT2D eigenvalue weighted by Crippen LogP contribution is 2.37. The molecule has 2 aromatic heterocycles. The van der Waals surface area contributed by atoms with Crippen LogP contribution >= 0.6 is 0 Å². The maximum atomic E-state index is 13.4. The molecule has 0 bridgehead atoms. The predicted octanol–water partition coefficient (Wildman–Crippen LogP) is 1.01. The molecule has 2 aromatic rings. The zero-order valence-corrected chi connectivity index (χ0v) is 18.9. The number of aryl methyl sites for hydroxylation is 1. The SMILES string of the molecule is Cc1cc(Nc2cc(NCCNS(C)(=O)=O)ncn2)c(=O)n2c1C(=O)NC21CCCCC1. The van der Waals surface area contributed by atoms with Crippen molar-refractivity contribution in [2.75, 3.05) is 30.0 Å². The summed E-state index contributed by atoms with van der Waals surface area (Å²) in [6.45, 7) is 2.36. The lowest BCUT2D eigenvalue weighted by molar-refractivity contribution is 0.0876. The quantitative estimate of drug-likeness (QED) is 0.447. The van der Waals surface area contributed by atoms with Crippen LogP contribution in [0.2, 0.25) is 0 Å². The van der Waals surface area contributed by atoms with E-state index in [1.165, 1.54) is 6.33 Å². The van der Waals surface area contributed by atoms with E-state index in [4.69, 9.17) is 0 Å². The van der Waals surface area contributed by atoms with E-state index >= 15 is 0 Å². The Morgan fingerprint density at radius 2 is 1.81 bits per heavy atom. The molecule has 11 nitrogen and oxygen atoms in total. The highest BCUT2D eigenvalue weighted by atomic mass is 32.2. The van der Waals surface area contributed by atoms with Crippen LogP contribution in [0.4, 0.5) is 17.3 Å². The van der Waals surface area contributed by atoms with Crippen LogP contribution < -0.4 is 26.2 Å². The van der Waals surface area contributed by atoms with Gasteiger partial charge in [-0.15, -0.1) is 0 Å². The molecule has 12 heteroatoms. The van der Waals surface area contributed by atoms with Crippen molar-refractivity contribution in [2.45, 2.75) is 44.7 Å². The van der Waals surface area contributed by atoms with Gasteiger partial charge in [0.1, 0.15) is 35.0 Å². The minimum Gasteiger partial charge on any atom is -0.369 e. The van der Waals surface area contributed by atoms with Gasteiger partial charge in [0.25, 0.3) is 11.5 Å². The first-order chi connectivity index (χ1) is 15.2. The lowest BCUT2D eigenvalue weighted by atomic mass is 9.89. The van der Waals surface area contributed by atoms with Crippen LogP contribution in [-0.2, 0) is 15.7 Å². The number of nitrogens with zero attached hydrogens (tertiary/aromatic N) is 3. The molecule has 32 heavy (non-hydrogen) atoms. The average molecular weight is 462 g/mol. The van der Waals surface area contributed by atoms with E-state index in [0.717, 1.165) is 38.4 Å². The lowest BCUT2D eigenvalue weighted by Gasteiger charge is -2.35. The maximum absolute atomic E-state index is 13.4. The molecular formula is C20H27N7O4S. The first-order valence-electron chi connectivity index (χ1n) is 10.6. The van der Waals surface area contributed by atoms with Crippen molar-refractivity contribution in [3.63, 3.8) is 0 Å². The van der Waals surface area contributed by atoms with Gasteiger partial charge in [-0.3, -0.25) is 14.2 Å². The fraction of sp³-hybridized carbons (Fsp3) is 0.500. The van der Waals surface area contributed by atoms with Crippen molar-refractivity contribution in [1.29, 1.82) is 0 Å². The van der Waals surface area contributed by atoms with Gasteiger partial charge in [0.15, 0.2) is 0 Å². The molecule has 0 saturated heterocycles. The largest absolute Gasteiger partial charge is 0.369 e. The number of rotatable bonds is 7. The van der Waals surface area contributed by atoms with Crippen LogP contribution in [0.3, 0.4) is 0 Å². The summed E-state index contributed by atoms with van der Waals surface area (Å²) in [6.07, 6.45) is 6.91. The minimum atomic E-state index is -3.26. The van der Waals surface area contributed by atoms with E-state index < -0.39 is 15.7 Å². The minimum absolute atomic E-state index is 0.204. The third-order valence-electron chi connectivity index (χ3n) is 5.79. The molecule has 172 valence electrons. The normalized spacial score (nSPS) is 17.1. The van der Waals surface area contributed by atoms with Gasteiger partial charge in [-0.25, -0.2) is 23.1 Å². The number of fused-ring (bicyclic) bond motifs is 2. The fourth-order valence-corrected chi connectivity index (χ4v) is 4.90. The average Bonchev–Trinajstić information content (AvgIpc) is 3.01. The predicted molar refractivity (Wildman–Crippen MR) is 121 cm³/mol. The second-order valence-electron chi connectivity index (χ2n) is 8.28. The standard InChI is InChI=1S/C20H27N7O4S/c1-13-10-14(19(29)27-17(13)18(28)26-20(27)6-4-3-5-7-20)25-16-11-15(22-12-23-16)21-8-9-24-32(2,30)31/h10-12,24H,3-9H2,1-2H3,(H,26,28)(H2,21,22,23,25). The third-order valence-corrected chi connectivity index (χ3v) is 6.52. The zero-order chi connectivity index (χ0) is 22.9. The molecule has 3 heterocycles. The topological polar surface area (TPSA) is 147 Å². The number of hydrogen-bond acceptors (Lipinski definition) is 8. The maximum Gasteiger partial charge on any atom is 0.276 e. The second kappa shape index (κ2) is 8.51. The molecule has 0 radical (unpaired) electrons. The van der Waals surface area contributed by atoms with Crippen LogP contribution in [-0.4, -0.2) is 48.2 Å². The van der Waals surface area contributed by atoms with E-state index in [1.807, 2.05) is 6.92 Å². The number of carbonyl (C=O) groups is 1. The van der Waals surface area contributed by atoms with Gasteiger partial charge in [0, 0.05) is 19.2 Å². The van der Waals surface area contributed by atoms with Crippen LogP contribution in [0.1, 0.15) is 48.2 Å². The van der Waals surface area contributed by atoms with Crippen molar-refractivity contribution in [3.8, 4) is 0 Å². The number of amides is 1. The molecule has 1 aliphatic carbocycles. The van der Waals surface area contributed by atoms with Gasteiger partial charge in [-0.2, -0.15) is 0 Å². The fourth-order valence-electron chi connectivity index (χ4n) is 4.42. The zero-order valence-electron chi connectivity index (χ0n) is 18.1. The molecule has 1 amide bonds. The molecule has 4 N–H and O–H groups in total. The number of anilines is 3. The molecule has 1 fully saturated rings. The number of aromatic nitrogens is 3. The Balaban J connectivity index is 1.57. The summed E-state index contributed by atoms with van der Waals surface area (Å²) in [4.78, 5) is 34.4. The Kier molecular flexibility index (Phi) is 5.91. The highest BCUT2D eigenvalue weighted by molar-refractivity contribution is 7.88. The molecule has 1 aliphatic heterocycles. The van der Waals surface area contributed by atoms with E-state index in [9.17, 15) is 18.0 Å². The molecule has 2 aliphatic rings. The van der Waals surface area contributed by atoms with Gasteiger partial charge in [0.2, 0.25) is 10.0 Å². The Bertz CT molecular complexity index is 1200. The molecule has 1 saturated carbocycles. The van der Waals surface area contributed by atoms with Crippen molar-refractivity contribution in [2.24, 2.45) is 0 Å². The smallest absolute Gasteiger partial charge is 0.276 e. The summed E-state index contributed by atoms with van der Waals surface area (Å²) in [6, 6.07) is 3.30. The Morgan fingerprint density at radius 3 is 2.53 bits per heavy atom. The van der Waals surface area contributed by atoms with Gasteiger partial charge in [-0.05, 0) is 44.2 Å². The Labute approximate surface area is 186 Å². The summed E-state index contributed by atoms with van der Waals surface area (Å²) in [5.41, 5.74) is 0.541. The molecule has 0 atom stereocenters. The number of hydrogen-bond donors (Lipinski definition) is 4. The van der Waals surface area contributed by atoms with Crippen LogP contribution in [0, 0.1) is 6.92 Å². The molecular weight excluding hydrogens is 434 g/mol.